The van der Waals surface area contributed by atoms with Crippen LogP contribution in [0.25, 0.3) is 11.1 Å². The van der Waals surface area contributed by atoms with Gasteiger partial charge in [0.2, 0.25) is 5.88 Å². The molecule has 2 N–H and O–H groups in total. The third-order valence-corrected chi connectivity index (χ3v) is 5.48. The fraction of sp³-hybridized carbons (Fsp3) is 0.318. The summed E-state index contributed by atoms with van der Waals surface area (Å²) in [5.74, 6) is 0.456. The van der Waals surface area contributed by atoms with Crippen molar-refractivity contribution in [2.75, 3.05) is 36.2 Å². The number of ether oxygens (including phenoxy) is 1. The van der Waals surface area contributed by atoms with Gasteiger partial charge < -0.3 is 15.4 Å². The molecule has 0 aliphatic carbocycles. The summed E-state index contributed by atoms with van der Waals surface area (Å²) in [4.78, 5) is 21.3. The number of nitrogen functional groups attached to an aromatic ring is 1. The lowest BCUT2D eigenvalue weighted by atomic mass is 10.0. The van der Waals surface area contributed by atoms with Gasteiger partial charge in [0.25, 0.3) is 5.91 Å². The third kappa shape index (κ3) is 3.35. The van der Waals surface area contributed by atoms with Gasteiger partial charge in [0.05, 0.1) is 29.6 Å². The van der Waals surface area contributed by atoms with Gasteiger partial charge in [0, 0.05) is 32.4 Å². The van der Waals surface area contributed by atoms with Crippen molar-refractivity contribution in [3.63, 3.8) is 0 Å². The summed E-state index contributed by atoms with van der Waals surface area (Å²) >= 11 is 0. The number of pyridine rings is 1. The lowest BCUT2D eigenvalue weighted by Gasteiger charge is -2.30. The molecule has 0 radical (unpaired) electrons. The van der Waals surface area contributed by atoms with Crippen LogP contribution in [0.1, 0.15) is 30.1 Å². The molecule has 0 atom stereocenters. The molecule has 8 nitrogen and oxygen atoms in total. The maximum absolute atomic E-state index is 14.3. The minimum absolute atomic E-state index is 0.292. The molecule has 1 aliphatic rings. The molecule has 0 saturated carbocycles. The normalized spacial score (nSPS) is 13.1. The Bertz CT molecular complexity index is 1160. The molecule has 0 fully saturated rings. The summed E-state index contributed by atoms with van der Waals surface area (Å²) in [6.45, 7) is 2.62. The molecule has 2 aromatic heterocycles. The van der Waals surface area contributed by atoms with E-state index in [4.69, 9.17) is 10.5 Å². The highest BCUT2D eigenvalue weighted by molar-refractivity contribution is 6.11. The highest BCUT2D eigenvalue weighted by Gasteiger charge is 2.31. The van der Waals surface area contributed by atoms with Crippen LogP contribution in [0, 0.1) is 5.82 Å². The highest BCUT2D eigenvalue weighted by atomic mass is 19.1. The predicted molar refractivity (Wildman–Crippen MR) is 118 cm³/mol. The molecule has 3 heterocycles. The number of aryl methyl sites for hydroxylation is 1. The quantitative estimate of drug-likeness (QED) is 0.686. The number of hydrogen-bond acceptors (Lipinski definition) is 6. The number of hydrogen-bond donors (Lipinski definition) is 1. The van der Waals surface area contributed by atoms with Crippen LogP contribution in [0.3, 0.4) is 0 Å². The summed E-state index contributed by atoms with van der Waals surface area (Å²) < 4.78 is 21.5. The Morgan fingerprint density at radius 3 is 2.68 bits per heavy atom. The van der Waals surface area contributed by atoms with E-state index in [1.165, 1.54) is 23.1 Å². The number of nitrogens with two attached hydrogens (primary N) is 1. The van der Waals surface area contributed by atoms with Gasteiger partial charge in [-0.1, -0.05) is 13.3 Å². The van der Waals surface area contributed by atoms with Gasteiger partial charge in [-0.15, -0.1) is 0 Å². The molecular formula is C22H25FN6O2. The summed E-state index contributed by atoms with van der Waals surface area (Å²) in [5, 5.41) is 4.51. The number of anilines is 4. The van der Waals surface area contributed by atoms with E-state index in [0.717, 1.165) is 12.8 Å². The molecule has 3 aromatic rings. The molecule has 2 bridgehead atoms. The Hall–Kier alpha value is -3.62. The van der Waals surface area contributed by atoms with Crippen LogP contribution in [0.15, 0.2) is 30.5 Å². The Balaban J connectivity index is 2.08. The Morgan fingerprint density at radius 2 is 1.97 bits per heavy atom. The standard InChI is InChI=1S/C22H25FN6O2/c1-5-6-9-29-16-11-14(23)7-8-15(16)21(30)27(2)20-18(22(31-4)28(3)26-20)13-10-17(29)19(24)25-12-13/h7-8,10-12H,5-6,9H2,1-4H3,(H2,24,25). The van der Waals surface area contributed by atoms with Crippen LogP contribution in [0.4, 0.5) is 27.4 Å². The van der Waals surface area contributed by atoms with Crippen molar-refractivity contribution in [3.05, 3.63) is 41.8 Å². The number of methoxy groups -OCH3 is 1. The lowest BCUT2D eigenvalue weighted by molar-refractivity contribution is 0.0992. The Labute approximate surface area is 180 Å². The van der Waals surface area contributed by atoms with Crippen LogP contribution in [-0.2, 0) is 7.05 Å². The van der Waals surface area contributed by atoms with Gasteiger partial charge in [-0.3, -0.25) is 9.69 Å². The first kappa shape index (κ1) is 20.6. The van der Waals surface area contributed by atoms with Gasteiger partial charge in [-0.2, -0.15) is 5.10 Å². The van der Waals surface area contributed by atoms with E-state index >= 15 is 0 Å². The number of carbonyl (C=O) groups is 1. The first-order valence-corrected chi connectivity index (χ1v) is 10.1. The second-order valence-electron chi connectivity index (χ2n) is 7.49. The van der Waals surface area contributed by atoms with E-state index in [2.05, 4.69) is 17.0 Å². The zero-order valence-electron chi connectivity index (χ0n) is 18.0. The van der Waals surface area contributed by atoms with Gasteiger partial charge in [0.15, 0.2) is 5.82 Å². The molecule has 1 aromatic carbocycles. The van der Waals surface area contributed by atoms with Crippen LogP contribution in [0.2, 0.25) is 0 Å². The first-order valence-electron chi connectivity index (χ1n) is 10.1. The molecule has 0 saturated heterocycles. The molecule has 162 valence electrons. The topological polar surface area (TPSA) is 89.5 Å². The number of benzene rings is 1. The largest absolute Gasteiger partial charge is 0.481 e. The zero-order valence-corrected chi connectivity index (χ0v) is 18.0. The summed E-state index contributed by atoms with van der Waals surface area (Å²) in [5.41, 5.74) is 9.00. The van der Waals surface area contributed by atoms with Gasteiger partial charge >= 0.3 is 0 Å². The van der Waals surface area contributed by atoms with E-state index in [-0.39, 0.29) is 5.91 Å². The number of nitrogens with zero attached hydrogens (tertiary/aromatic N) is 5. The van der Waals surface area contributed by atoms with Crippen LogP contribution in [-0.4, -0.2) is 41.4 Å². The summed E-state index contributed by atoms with van der Waals surface area (Å²) in [7, 11) is 4.94. The number of unbranched alkanes of at least 4 members (excludes halogenated alkanes) is 1. The minimum atomic E-state index is -0.435. The monoisotopic (exact) mass is 424 g/mol. The van der Waals surface area contributed by atoms with Crippen molar-refractivity contribution in [2.45, 2.75) is 19.8 Å². The van der Waals surface area contributed by atoms with Crippen LogP contribution >= 0.6 is 0 Å². The van der Waals surface area contributed by atoms with Crippen LogP contribution in [0.5, 0.6) is 5.88 Å². The van der Waals surface area contributed by atoms with Crippen molar-refractivity contribution >= 4 is 28.9 Å². The van der Waals surface area contributed by atoms with E-state index in [1.807, 2.05) is 11.0 Å². The number of amides is 1. The van der Waals surface area contributed by atoms with Crippen molar-refractivity contribution in [2.24, 2.45) is 7.05 Å². The molecule has 1 aliphatic heterocycles. The molecular weight excluding hydrogens is 399 g/mol. The van der Waals surface area contributed by atoms with E-state index in [1.54, 1.807) is 32.1 Å². The fourth-order valence-corrected chi connectivity index (χ4v) is 3.91. The van der Waals surface area contributed by atoms with Crippen molar-refractivity contribution < 1.29 is 13.9 Å². The summed E-state index contributed by atoms with van der Waals surface area (Å²) in [6, 6.07) is 6.04. The summed E-state index contributed by atoms with van der Waals surface area (Å²) in [6.07, 6.45) is 3.37. The van der Waals surface area contributed by atoms with E-state index in [9.17, 15) is 9.18 Å². The van der Waals surface area contributed by atoms with E-state index in [0.29, 0.717) is 52.1 Å². The van der Waals surface area contributed by atoms with Crippen LogP contribution < -0.4 is 20.3 Å². The number of halogens is 1. The van der Waals surface area contributed by atoms with Crippen molar-refractivity contribution in [1.29, 1.82) is 0 Å². The van der Waals surface area contributed by atoms with Crippen molar-refractivity contribution in [3.8, 4) is 17.0 Å². The number of fused-ring (bicyclic) bond motifs is 5. The number of carbonyl (C=O) groups excluding carboxylic acids is 1. The SMILES string of the molecule is CCCCN1c2cc(F)ccc2C(=O)N(C)c2nn(C)c(OC)c2-c2cnc(N)c1c2. The second kappa shape index (κ2) is 7.90. The Kier molecular flexibility index (Phi) is 5.26. The molecule has 31 heavy (non-hydrogen) atoms. The maximum Gasteiger partial charge on any atom is 0.261 e. The molecule has 9 heteroatoms. The number of aromatic nitrogens is 3. The predicted octanol–water partition coefficient (Wildman–Crippen LogP) is 3.74. The first-order chi connectivity index (χ1) is 14.9. The highest BCUT2D eigenvalue weighted by Crippen LogP contribution is 2.43. The number of rotatable bonds is 4. The maximum atomic E-state index is 14.3. The van der Waals surface area contributed by atoms with Gasteiger partial charge in [0.1, 0.15) is 11.6 Å². The van der Waals surface area contributed by atoms with Gasteiger partial charge in [-0.05, 0) is 30.7 Å². The average Bonchev–Trinajstić information content (AvgIpc) is 3.09. The fourth-order valence-electron chi connectivity index (χ4n) is 3.91. The van der Waals surface area contributed by atoms with E-state index < -0.39 is 5.82 Å². The zero-order chi connectivity index (χ0) is 22.3. The molecule has 0 spiro atoms. The molecule has 4 rings (SSSR count). The second-order valence-corrected chi connectivity index (χ2v) is 7.49. The lowest BCUT2D eigenvalue weighted by Crippen LogP contribution is -2.31. The van der Waals surface area contributed by atoms with Gasteiger partial charge in [-0.25, -0.2) is 14.1 Å². The third-order valence-electron chi connectivity index (χ3n) is 5.48. The average molecular weight is 424 g/mol. The minimum Gasteiger partial charge on any atom is -0.481 e. The molecule has 0 unspecified atom stereocenters. The molecule has 1 amide bonds. The Morgan fingerprint density at radius 1 is 1.19 bits per heavy atom. The van der Waals surface area contributed by atoms with Crippen molar-refractivity contribution in [1.82, 2.24) is 14.8 Å². The smallest absolute Gasteiger partial charge is 0.261 e.